The van der Waals surface area contributed by atoms with Crippen LogP contribution in [-0.4, -0.2) is 40.8 Å². The highest BCUT2D eigenvalue weighted by Crippen LogP contribution is 2.06. The fourth-order valence-electron chi connectivity index (χ4n) is 1.37. The highest BCUT2D eigenvalue weighted by Gasteiger charge is 2.02. The average Bonchev–Trinajstić information content (AvgIpc) is 2.87. The molecule has 0 atom stereocenters. The lowest BCUT2D eigenvalue weighted by atomic mass is 10.2. The summed E-state index contributed by atoms with van der Waals surface area (Å²) in [4.78, 5) is 7.98. The molecule has 2 aromatic rings. The van der Waals surface area contributed by atoms with Gasteiger partial charge in [0.1, 0.15) is 0 Å². The molecule has 0 radical (unpaired) electrons. The number of nitrogens with one attached hydrogen (secondary N) is 3. The molecule has 0 fully saturated rings. The van der Waals surface area contributed by atoms with Crippen molar-refractivity contribution in [2.45, 2.75) is 6.42 Å². The third-order valence-corrected chi connectivity index (χ3v) is 2.27. The number of rotatable bonds is 5. The van der Waals surface area contributed by atoms with Gasteiger partial charge in [-0.05, 0) is 18.1 Å². The second-order valence-corrected chi connectivity index (χ2v) is 3.79. The predicted octanol–water partition coefficient (Wildman–Crippen LogP) is 0.853. The topological polar surface area (TPSA) is 72.6 Å². The second kappa shape index (κ2) is 4.69. The maximum atomic E-state index is 3.99. The molecule has 86 valence electrons. The molecule has 6 heteroatoms. The molecule has 2 heterocycles. The van der Waals surface area contributed by atoms with Gasteiger partial charge in [-0.25, -0.2) is 0 Å². The van der Waals surface area contributed by atoms with E-state index in [1.807, 2.05) is 31.4 Å². The number of aromatic amines is 2. The van der Waals surface area contributed by atoms with Gasteiger partial charge < -0.3 is 15.2 Å². The molecule has 0 spiro atoms. The van der Waals surface area contributed by atoms with Gasteiger partial charge in [0.25, 0.3) is 0 Å². The maximum Gasteiger partial charge on any atom is 0.225 e. The molecule has 0 amide bonds. The van der Waals surface area contributed by atoms with E-state index in [9.17, 15) is 0 Å². The number of hydrogen-bond donors (Lipinski definition) is 3. The first kappa shape index (κ1) is 10.5. The molecule has 6 nitrogen and oxygen atoms in total. The minimum atomic E-state index is 0.708. The Bertz CT molecular complexity index is 416. The van der Waals surface area contributed by atoms with Crippen LogP contribution < -0.4 is 10.2 Å². The van der Waals surface area contributed by atoms with E-state index in [1.165, 1.54) is 5.56 Å². The molecule has 0 aliphatic heterocycles. The molecule has 0 aromatic carbocycles. The molecule has 0 bridgehead atoms. The van der Waals surface area contributed by atoms with Crippen molar-refractivity contribution in [2.75, 3.05) is 30.9 Å². The fraction of sp³-hybridized carbons (Fsp3) is 0.400. The molecule has 3 N–H and O–H groups in total. The van der Waals surface area contributed by atoms with Gasteiger partial charge in [-0.15, -0.1) is 10.2 Å². The van der Waals surface area contributed by atoms with Crippen LogP contribution in [0, 0.1) is 0 Å². The highest BCUT2D eigenvalue weighted by atomic mass is 15.4. The first-order valence-electron chi connectivity index (χ1n) is 5.21. The average molecular weight is 220 g/mol. The van der Waals surface area contributed by atoms with Crippen LogP contribution in [0.15, 0.2) is 18.5 Å². The minimum absolute atomic E-state index is 0.708. The fourth-order valence-corrected chi connectivity index (χ4v) is 1.37. The lowest BCUT2D eigenvalue weighted by Crippen LogP contribution is -2.10. The third-order valence-electron chi connectivity index (χ3n) is 2.27. The predicted molar refractivity (Wildman–Crippen MR) is 63.7 cm³/mol. The smallest absolute Gasteiger partial charge is 0.225 e. The second-order valence-electron chi connectivity index (χ2n) is 3.79. The summed E-state index contributed by atoms with van der Waals surface area (Å²) in [5.41, 5.74) is 1.28. The SMILES string of the molecule is CN(C)c1nnc(NCCc2cc[nH]c2)[nH]1. The molecular formula is C10H16N6. The molecule has 0 unspecified atom stereocenters. The van der Waals surface area contributed by atoms with Gasteiger partial charge in [-0.2, -0.15) is 0 Å². The van der Waals surface area contributed by atoms with Crippen molar-refractivity contribution in [1.29, 1.82) is 0 Å². The van der Waals surface area contributed by atoms with Gasteiger partial charge in [0.05, 0.1) is 0 Å². The Morgan fingerprint density at radius 3 is 2.88 bits per heavy atom. The molecular weight excluding hydrogens is 204 g/mol. The Morgan fingerprint density at radius 2 is 2.25 bits per heavy atom. The van der Waals surface area contributed by atoms with Crippen LogP contribution in [0.3, 0.4) is 0 Å². The zero-order valence-electron chi connectivity index (χ0n) is 9.49. The van der Waals surface area contributed by atoms with Crippen molar-refractivity contribution in [3.05, 3.63) is 24.0 Å². The van der Waals surface area contributed by atoms with Crippen LogP contribution in [0.4, 0.5) is 11.9 Å². The minimum Gasteiger partial charge on any atom is -0.367 e. The van der Waals surface area contributed by atoms with Gasteiger partial charge in [0, 0.05) is 33.0 Å². The monoisotopic (exact) mass is 220 g/mol. The Kier molecular flexibility index (Phi) is 3.09. The third kappa shape index (κ3) is 2.53. The summed E-state index contributed by atoms with van der Waals surface area (Å²) in [7, 11) is 3.84. The Hall–Kier alpha value is -1.98. The van der Waals surface area contributed by atoms with Crippen LogP contribution >= 0.6 is 0 Å². The summed E-state index contributed by atoms with van der Waals surface area (Å²) in [5.74, 6) is 1.46. The van der Waals surface area contributed by atoms with Crippen LogP contribution in [0.2, 0.25) is 0 Å². The first-order chi connectivity index (χ1) is 7.75. The zero-order chi connectivity index (χ0) is 11.4. The van der Waals surface area contributed by atoms with Gasteiger partial charge in [0.2, 0.25) is 11.9 Å². The molecule has 0 aliphatic rings. The lowest BCUT2D eigenvalue weighted by molar-refractivity contribution is 0.981. The number of anilines is 2. The number of nitrogens with zero attached hydrogens (tertiary/aromatic N) is 3. The number of aromatic nitrogens is 4. The molecule has 0 aliphatic carbocycles. The van der Waals surface area contributed by atoms with E-state index < -0.39 is 0 Å². The standard InChI is InChI=1S/C10H16N6/c1-16(2)10-13-9(14-15-10)12-6-4-8-3-5-11-7-8/h3,5,7,11H,4,6H2,1-2H3,(H2,12,13,14,15). The normalized spacial score (nSPS) is 10.4. The van der Waals surface area contributed by atoms with E-state index in [-0.39, 0.29) is 0 Å². The van der Waals surface area contributed by atoms with E-state index in [0.29, 0.717) is 5.95 Å². The van der Waals surface area contributed by atoms with E-state index in [4.69, 9.17) is 0 Å². The quantitative estimate of drug-likeness (QED) is 0.698. The zero-order valence-corrected chi connectivity index (χ0v) is 9.49. The van der Waals surface area contributed by atoms with Gasteiger partial charge in [-0.1, -0.05) is 0 Å². The summed E-state index contributed by atoms with van der Waals surface area (Å²) in [6, 6.07) is 2.06. The van der Waals surface area contributed by atoms with Crippen molar-refractivity contribution in [1.82, 2.24) is 20.2 Å². The van der Waals surface area contributed by atoms with Crippen LogP contribution in [-0.2, 0) is 6.42 Å². The van der Waals surface area contributed by atoms with E-state index >= 15 is 0 Å². The molecule has 0 saturated heterocycles. The lowest BCUT2D eigenvalue weighted by Gasteiger charge is -2.05. The summed E-state index contributed by atoms with van der Waals surface area (Å²) < 4.78 is 0. The largest absolute Gasteiger partial charge is 0.367 e. The van der Waals surface area contributed by atoms with Crippen LogP contribution in [0.5, 0.6) is 0 Å². The van der Waals surface area contributed by atoms with Crippen molar-refractivity contribution >= 4 is 11.9 Å². The summed E-state index contributed by atoms with van der Waals surface area (Å²) in [6.07, 6.45) is 4.88. The molecule has 2 aromatic heterocycles. The number of H-pyrrole nitrogens is 2. The molecule has 0 saturated carbocycles. The molecule has 2 rings (SSSR count). The Labute approximate surface area is 94.1 Å². The summed E-state index contributed by atoms with van der Waals surface area (Å²) in [5, 5.41) is 11.2. The van der Waals surface area contributed by atoms with Crippen molar-refractivity contribution < 1.29 is 0 Å². The van der Waals surface area contributed by atoms with Crippen LogP contribution in [0.25, 0.3) is 0 Å². The van der Waals surface area contributed by atoms with E-state index in [0.717, 1.165) is 18.9 Å². The van der Waals surface area contributed by atoms with E-state index in [1.54, 1.807) is 0 Å². The van der Waals surface area contributed by atoms with Crippen molar-refractivity contribution in [3.63, 3.8) is 0 Å². The number of hydrogen-bond acceptors (Lipinski definition) is 4. The summed E-state index contributed by atoms with van der Waals surface area (Å²) >= 11 is 0. The van der Waals surface area contributed by atoms with Crippen molar-refractivity contribution in [3.8, 4) is 0 Å². The van der Waals surface area contributed by atoms with E-state index in [2.05, 4.69) is 31.5 Å². The maximum absolute atomic E-state index is 3.99. The van der Waals surface area contributed by atoms with Gasteiger partial charge in [0.15, 0.2) is 0 Å². The Morgan fingerprint density at radius 1 is 1.38 bits per heavy atom. The first-order valence-corrected chi connectivity index (χ1v) is 5.21. The Balaban J connectivity index is 1.81. The summed E-state index contributed by atoms with van der Waals surface area (Å²) in [6.45, 7) is 0.833. The van der Waals surface area contributed by atoms with Crippen LogP contribution in [0.1, 0.15) is 5.56 Å². The van der Waals surface area contributed by atoms with Crippen molar-refractivity contribution in [2.24, 2.45) is 0 Å². The molecule has 16 heavy (non-hydrogen) atoms. The van der Waals surface area contributed by atoms with Gasteiger partial charge >= 0.3 is 0 Å². The van der Waals surface area contributed by atoms with Gasteiger partial charge in [-0.3, -0.25) is 4.98 Å². The highest BCUT2D eigenvalue weighted by molar-refractivity contribution is 5.34.